The Balaban J connectivity index is 1.32. The van der Waals surface area contributed by atoms with Crippen LogP contribution in [0.4, 0.5) is 0 Å². The third-order valence-corrected chi connectivity index (χ3v) is 6.25. The number of allylic oxidation sites excluding steroid dienone is 1. The van der Waals surface area contributed by atoms with Gasteiger partial charge in [0.15, 0.2) is 0 Å². The van der Waals surface area contributed by atoms with Crippen LogP contribution in [0.5, 0.6) is 5.75 Å². The van der Waals surface area contributed by atoms with Crippen molar-refractivity contribution in [3.63, 3.8) is 0 Å². The number of rotatable bonds is 10. The van der Waals surface area contributed by atoms with Gasteiger partial charge in [0.2, 0.25) is 0 Å². The van der Waals surface area contributed by atoms with Crippen molar-refractivity contribution in [1.82, 2.24) is 15.0 Å². The minimum Gasteiger partial charge on any atom is -0.505 e. The van der Waals surface area contributed by atoms with E-state index in [4.69, 9.17) is 4.74 Å². The number of benzene rings is 4. The first kappa shape index (κ1) is 25.7. The highest BCUT2D eigenvalue weighted by atomic mass is 16.5. The van der Waals surface area contributed by atoms with E-state index in [1.165, 1.54) is 4.80 Å². The molecule has 0 bridgehead atoms. The molecule has 1 aromatic heterocycles. The minimum atomic E-state index is -0.282. The standard InChI is InChI=1S/C33H29N3O3/c37-32(39-22-10-16-26-13-5-2-6-14-26)21-20-27-23-28(17-9-15-25-11-3-1-4-12-25)33(38)31(24-27)36-34-29-18-7-8-19-30(29)35-36/h1-16,18-19,23-24,38H,17,20-22H2. The van der Waals surface area contributed by atoms with Gasteiger partial charge in [-0.2, -0.15) is 0 Å². The summed E-state index contributed by atoms with van der Waals surface area (Å²) in [5.74, 6) is -0.166. The van der Waals surface area contributed by atoms with Crippen LogP contribution in [-0.2, 0) is 22.4 Å². The summed E-state index contributed by atoms with van der Waals surface area (Å²) in [6, 6.07) is 31.2. The summed E-state index contributed by atoms with van der Waals surface area (Å²) in [5, 5.41) is 20.3. The maximum absolute atomic E-state index is 12.4. The van der Waals surface area contributed by atoms with Gasteiger partial charge >= 0.3 is 5.97 Å². The fourth-order valence-corrected chi connectivity index (χ4v) is 4.26. The molecule has 0 fully saturated rings. The van der Waals surface area contributed by atoms with Gasteiger partial charge in [0.1, 0.15) is 29.1 Å². The maximum atomic E-state index is 12.4. The van der Waals surface area contributed by atoms with Gasteiger partial charge in [-0.3, -0.25) is 4.79 Å². The van der Waals surface area contributed by atoms with Gasteiger partial charge in [-0.15, -0.1) is 15.0 Å². The number of aryl methyl sites for hydroxylation is 1. The predicted molar refractivity (Wildman–Crippen MR) is 154 cm³/mol. The van der Waals surface area contributed by atoms with Crippen molar-refractivity contribution < 1.29 is 14.6 Å². The second-order valence-electron chi connectivity index (χ2n) is 9.11. The average molecular weight is 516 g/mol. The summed E-state index contributed by atoms with van der Waals surface area (Å²) in [4.78, 5) is 13.9. The average Bonchev–Trinajstić information content (AvgIpc) is 3.41. The fourth-order valence-electron chi connectivity index (χ4n) is 4.26. The van der Waals surface area contributed by atoms with E-state index >= 15 is 0 Å². The number of aromatic hydroxyl groups is 1. The minimum absolute atomic E-state index is 0.116. The molecule has 0 atom stereocenters. The van der Waals surface area contributed by atoms with Gasteiger partial charge in [-0.1, -0.05) is 97.1 Å². The van der Waals surface area contributed by atoms with Crippen molar-refractivity contribution in [2.75, 3.05) is 6.61 Å². The largest absolute Gasteiger partial charge is 0.505 e. The number of phenolic OH excluding ortho intramolecular Hbond substituents is 1. The third-order valence-electron chi connectivity index (χ3n) is 6.25. The molecular formula is C33H29N3O3. The smallest absolute Gasteiger partial charge is 0.306 e. The van der Waals surface area contributed by atoms with E-state index in [1.807, 2.05) is 121 Å². The topological polar surface area (TPSA) is 77.2 Å². The van der Waals surface area contributed by atoms with Crippen molar-refractivity contribution >= 4 is 29.2 Å². The van der Waals surface area contributed by atoms with Gasteiger partial charge in [0.05, 0.1) is 0 Å². The van der Waals surface area contributed by atoms with Gasteiger partial charge in [-0.25, -0.2) is 0 Å². The lowest BCUT2D eigenvalue weighted by molar-refractivity contribution is -0.142. The summed E-state index contributed by atoms with van der Waals surface area (Å²) < 4.78 is 5.39. The molecule has 5 aromatic rings. The van der Waals surface area contributed by atoms with Crippen LogP contribution in [0, 0.1) is 0 Å². The molecule has 0 saturated carbocycles. The molecule has 4 aromatic carbocycles. The summed E-state index contributed by atoms with van der Waals surface area (Å²) in [7, 11) is 0. The number of hydrogen-bond acceptors (Lipinski definition) is 5. The number of nitrogens with zero attached hydrogens (tertiary/aromatic N) is 3. The Kier molecular flexibility index (Phi) is 8.24. The molecule has 0 radical (unpaired) electrons. The highest BCUT2D eigenvalue weighted by Crippen LogP contribution is 2.29. The van der Waals surface area contributed by atoms with Crippen LogP contribution in [-0.4, -0.2) is 32.7 Å². The van der Waals surface area contributed by atoms with Crippen LogP contribution >= 0.6 is 0 Å². The molecule has 0 aliphatic carbocycles. The first-order valence-electron chi connectivity index (χ1n) is 12.9. The number of carbonyl (C=O) groups excluding carboxylic acids is 1. The predicted octanol–water partition coefficient (Wildman–Crippen LogP) is 6.57. The van der Waals surface area contributed by atoms with Crippen molar-refractivity contribution in [3.05, 3.63) is 131 Å². The lowest BCUT2D eigenvalue weighted by Gasteiger charge is -2.12. The monoisotopic (exact) mass is 515 g/mol. The Bertz CT molecular complexity index is 1570. The lowest BCUT2D eigenvalue weighted by Crippen LogP contribution is -2.07. The fraction of sp³-hybridized carbons (Fsp3) is 0.121. The summed E-state index contributed by atoms with van der Waals surface area (Å²) in [6.07, 6.45) is 8.98. The summed E-state index contributed by atoms with van der Waals surface area (Å²) >= 11 is 0. The van der Waals surface area contributed by atoms with Crippen molar-refractivity contribution in [1.29, 1.82) is 0 Å². The molecule has 0 unspecified atom stereocenters. The van der Waals surface area contributed by atoms with Crippen LogP contribution in [0.15, 0.2) is 109 Å². The van der Waals surface area contributed by atoms with E-state index in [-0.39, 0.29) is 24.7 Å². The van der Waals surface area contributed by atoms with Gasteiger partial charge in [0.25, 0.3) is 0 Å². The lowest BCUT2D eigenvalue weighted by atomic mass is 10.0. The molecule has 6 nitrogen and oxygen atoms in total. The molecule has 6 heteroatoms. The van der Waals surface area contributed by atoms with E-state index in [2.05, 4.69) is 10.2 Å². The first-order valence-corrected chi connectivity index (χ1v) is 12.9. The first-order chi connectivity index (χ1) is 19.2. The molecule has 5 rings (SSSR count). The normalized spacial score (nSPS) is 11.5. The van der Waals surface area contributed by atoms with E-state index in [1.54, 1.807) is 0 Å². The van der Waals surface area contributed by atoms with Crippen LogP contribution in [0.25, 0.3) is 28.9 Å². The second-order valence-corrected chi connectivity index (χ2v) is 9.11. The molecule has 0 aliphatic rings. The quantitative estimate of drug-likeness (QED) is 0.213. The summed E-state index contributed by atoms with van der Waals surface area (Å²) in [6.45, 7) is 0.216. The Labute approximate surface area is 227 Å². The van der Waals surface area contributed by atoms with E-state index < -0.39 is 0 Å². The van der Waals surface area contributed by atoms with Crippen LogP contribution in [0.3, 0.4) is 0 Å². The second kappa shape index (κ2) is 12.5. The van der Waals surface area contributed by atoms with Crippen LogP contribution in [0.1, 0.15) is 28.7 Å². The van der Waals surface area contributed by atoms with Gasteiger partial charge in [-0.05, 0) is 53.8 Å². The Hall–Kier alpha value is -4.97. The molecule has 0 amide bonds. The van der Waals surface area contributed by atoms with Crippen LogP contribution < -0.4 is 0 Å². The zero-order chi connectivity index (χ0) is 26.9. The van der Waals surface area contributed by atoms with Crippen LogP contribution in [0.2, 0.25) is 0 Å². The van der Waals surface area contributed by atoms with Crippen molar-refractivity contribution in [2.24, 2.45) is 0 Å². The highest BCUT2D eigenvalue weighted by molar-refractivity contribution is 5.74. The SMILES string of the molecule is O=C(CCc1cc(CC=Cc2ccccc2)c(O)c(-n2nc3ccccc3n2)c1)OCC=Cc1ccccc1. The Morgan fingerprint density at radius 2 is 1.38 bits per heavy atom. The molecule has 1 N–H and O–H groups in total. The zero-order valence-electron chi connectivity index (χ0n) is 21.5. The third kappa shape index (κ3) is 6.87. The summed E-state index contributed by atoms with van der Waals surface area (Å²) in [5.41, 5.74) is 5.71. The highest BCUT2D eigenvalue weighted by Gasteiger charge is 2.15. The number of carbonyl (C=O) groups is 1. The van der Waals surface area contributed by atoms with E-state index in [0.29, 0.717) is 18.5 Å². The zero-order valence-corrected chi connectivity index (χ0v) is 21.5. The Morgan fingerprint density at radius 3 is 2.03 bits per heavy atom. The maximum Gasteiger partial charge on any atom is 0.306 e. The molecule has 0 spiro atoms. The van der Waals surface area contributed by atoms with Gasteiger partial charge in [0, 0.05) is 12.0 Å². The number of aromatic nitrogens is 3. The molecule has 0 aliphatic heterocycles. The van der Waals surface area contributed by atoms with E-state index in [9.17, 15) is 9.90 Å². The van der Waals surface area contributed by atoms with Crippen molar-refractivity contribution in [2.45, 2.75) is 19.3 Å². The van der Waals surface area contributed by atoms with Crippen molar-refractivity contribution in [3.8, 4) is 11.4 Å². The molecule has 1 heterocycles. The number of hydrogen-bond donors (Lipinski definition) is 1. The Morgan fingerprint density at radius 1 is 0.795 bits per heavy atom. The molecule has 0 saturated heterocycles. The number of fused-ring (bicyclic) bond motifs is 1. The number of phenols is 1. The molecule has 39 heavy (non-hydrogen) atoms. The number of esters is 1. The van der Waals surface area contributed by atoms with E-state index in [0.717, 1.165) is 33.3 Å². The molecule has 194 valence electrons. The molecular weight excluding hydrogens is 486 g/mol. The van der Waals surface area contributed by atoms with Gasteiger partial charge < -0.3 is 9.84 Å². The number of ether oxygens (including phenoxy) is 1.